The normalized spacial score (nSPS) is 18.5. The molecular weight excluding hydrogens is 446 g/mol. The first-order chi connectivity index (χ1) is 17.0. The number of anilines is 3. The summed E-state index contributed by atoms with van der Waals surface area (Å²) in [7, 11) is 0. The van der Waals surface area contributed by atoms with Crippen LogP contribution in [0.1, 0.15) is 55.5 Å². The van der Waals surface area contributed by atoms with E-state index in [2.05, 4.69) is 42.0 Å². The van der Waals surface area contributed by atoms with Gasteiger partial charge in [-0.15, -0.1) is 0 Å². The Morgan fingerprint density at radius 3 is 2.66 bits per heavy atom. The van der Waals surface area contributed by atoms with Gasteiger partial charge in [-0.2, -0.15) is 4.98 Å². The third kappa shape index (κ3) is 4.09. The molecule has 1 saturated carbocycles. The molecule has 0 bridgehead atoms. The standard InChI is InChI=1S/C25H27N7O3/c1-15-12-21(33)32(19-4-2-3-5-19)23-20(15)13-26-24(29-23)27-17-6-8-18(9-7-17)31-11-10-16(14-31)22-28-25(34)35-30-22/h6-9,12-13,16,19H,2-5,10-11,14H2,1H3,(H,26,27,29)(H,28,30,34). The lowest BCUT2D eigenvalue weighted by Crippen LogP contribution is -2.24. The number of hydrogen-bond donors (Lipinski definition) is 2. The Bertz CT molecular complexity index is 1480. The number of rotatable bonds is 5. The number of benzene rings is 1. The molecule has 2 aliphatic rings. The molecule has 6 rings (SSSR count). The summed E-state index contributed by atoms with van der Waals surface area (Å²) in [5.41, 5.74) is 3.56. The van der Waals surface area contributed by atoms with Crippen molar-refractivity contribution in [3.05, 3.63) is 68.8 Å². The first-order valence-corrected chi connectivity index (χ1v) is 12.1. The Hall–Kier alpha value is -3.95. The summed E-state index contributed by atoms with van der Waals surface area (Å²) in [4.78, 5) is 38.3. The van der Waals surface area contributed by atoms with Gasteiger partial charge in [0.05, 0.1) is 0 Å². The van der Waals surface area contributed by atoms with Gasteiger partial charge >= 0.3 is 5.76 Å². The van der Waals surface area contributed by atoms with Gasteiger partial charge in [0, 0.05) is 54.1 Å². The molecule has 3 aromatic heterocycles. The smallest absolute Gasteiger partial charge is 0.371 e. The highest BCUT2D eigenvalue weighted by Crippen LogP contribution is 2.32. The molecule has 1 saturated heterocycles. The molecule has 35 heavy (non-hydrogen) atoms. The molecule has 2 N–H and O–H groups in total. The van der Waals surface area contributed by atoms with Crippen LogP contribution in [0.3, 0.4) is 0 Å². The van der Waals surface area contributed by atoms with Gasteiger partial charge in [0.1, 0.15) is 5.65 Å². The summed E-state index contributed by atoms with van der Waals surface area (Å²) in [5.74, 6) is 0.708. The molecule has 2 fully saturated rings. The molecule has 1 aromatic carbocycles. The van der Waals surface area contributed by atoms with Gasteiger partial charge in [-0.05, 0) is 56.0 Å². The van der Waals surface area contributed by atoms with Gasteiger partial charge in [-0.25, -0.2) is 9.78 Å². The number of aryl methyl sites for hydroxylation is 1. The van der Waals surface area contributed by atoms with Crippen LogP contribution in [0.25, 0.3) is 11.0 Å². The summed E-state index contributed by atoms with van der Waals surface area (Å²) in [6.45, 7) is 3.57. The van der Waals surface area contributed by atoms with Crippen LogP contribution in [0.5, 0.6) is 0 Å². The topological polar surface area (TPSA) is 122 Å². The number of aromatic amines is 1. The van der Waals surface area contributed by atoms with Crippen LogP contribution in [0, 0.1) is 6.92 Å². The fourth-order valence-corrected chi connectivity index (χ4v) is 5.37. The van der Waals surface area contributed by atoms with Crippen LogP contribution in [-0.2, 0) is 0 Å². The zero-order valence-electron chi connectivity index (χ0n) is 19.5. The lowest BCUT2D eigenvalue weighted by atomic mass is 10.1. The van der Waals surface area contributed by atoms with Gasteiger partial charge < -0.3 is 10.2 Å². The SMILES string of the molecule is Cc1cc(=O)n(C2CCCC2)c2nc(Nc3ccc(N4CCC(c5noc(=O)[nH]5)C4)cc3)ncc12. The van der Waals surface area contributed by atoms with E-state index in [0.717, 1.165) is 67.5 Å². The molecule has 4 aromatic rings. The fourth-order valence-electron chi connectivity index (χ4n) is 5.37. The largest absolute Gasteiger partial charge is 0.438 e. The molecule has 4 heterocycles. The summed E-state index contributed by atoms with van der Waals surface area (Å²) >= 11 is 0. The van der Waals surface area contributed by atoms with Crippen molar-refractivity contribution in [1.29, 1.82) is 0 Å². The van der Waals surface area contributed by atoms with E-state index >= 15 is 0 Å². The van der Waals surface area contributed by atoms with Crippen LogP contribution in [0.2, 0.25) is 0 Å². The molecule has 1 atom stereocenters. The maximum absolute atomic E-state index is 12.8. The minimum Gasteiger partial charge on any atom is -0.371 e. The second kappa shape index (κ2) is 8.68. The minimum absolute atomic E-state index is 0.00881. The zero-order valence-corrected chi connectivity index (χ0v) is 19.5. The third-order valence-corrected chi connectivity index (χ3v) is 7.21. The molecule has 0 spiro atoms. The van der Waals surface area contributed by atoms with Crippen molar-refractivity contribution in [1.82, 2.24) is 24.7 Å². The predicted octanol–water partition coefficient (Wildman–Crippen LogP) is 3.63. The monoisotopic (exact) mass is 473 g/mol. The molecule has 180 valence electrons. The van der Waals surface area contributed by atoms with Crippen LogP contribution in [0.15, 0.2) is 50.6 Å². The fraction of sp³-hybridized carbons (Fsp3) is 0.400. The average Bonchev–Trinajstić information content (AvgIpc) is 3.62. The summed E-state index contributed by atoms with van der Waals surface area (Å²) in [6.07, 6.45) is 7.01. The minimum atomic E-state index is -0.514. The Morgan fingerprint density at radius 2 is 1.91 bits per heavy atom. The molecule has 0 amide bonds. The van der Waals surface area contributed by atoms with E-state index < -0.39 is 5.76 Å². The van der Waals surface area contributed by atoms with E-state index in [9.17, 15) is 9.59 Å². The Balaban J connectivity index is 1.22. The number of H-pyrrole nitrogens is 1. The van der Waals surface area contributed by atoms with Gasteiger partial charge in [-0.1, -0.05) is 18.0 Å². The highest BCUT2D eigenvalue weighted by molar-refractivity contribution is 5.79. The molecule has 1 aliphatic heterocycles. The van der Waals surface area contributed by atoms with Crippen molar-refractivity contribution in [2.75, 3.05) is 23.3 Å². The van der Waals surface area contributed by atoms with Gasteiger partial charge in [0.2, 0.25) is 5.95 Å². The number of fused-ring (bicyclic) bond motifs is 1. The van der Waals surface area contributed by atoms with Gasteiger partial charge in [0.25, 0.3) is 5.56 Å². The van der Waals surface area contributed by atoms with E-state index in [1.807, 2.05) is 23.6 Å². The number of nitrogens with zero attached hydrogens (tertiary/aromatic N) is 5. The molecule has 10 heteroatoms. The third-order valence-electron chi connectivity index (χ3n) is 7.21. The quantitative estimate of drug-likeness (QED) is 0.451. The van der Waals surface area contributed by atoms with Crippen molar-refractivity contribution in [3.8, 4) is 0 Å². The number of hydrogen-bond acceptors (Lipinski definition) is 8. The van der Waals surface area contributed by atoms with Gasteiger partial charge in [0.15, 0.2) is 5.82 Å². The molecule has 0 radical (unpaired) electrons. The van der Waals surface area contributed by atoms with E-state index in [1.165, 1.54) is 0 Å². The summed E-state index contributed by atoms with van der Waals surface area (Å²) in [5, 5.41) is 8.04. The maximum Gasteiger partial charge on any atom is 0.438 e. The average molecular weight is 474 g/mol. The van der Waals surface area contributed by atoms with Crippen LogP contribution >= 0.6 is 0 Å². The first kappa shape index (κ1) is 21.6. The predicted molar refractivity (Wildman–Crippen MR) is 132 cm³/mol. The number of pyridine rings is 1. The van der Waals surface area contributed by atoms with Crippen molar-refractivity contribution in [3.63, 3.8) is 0 Å². The van der Waals surface area contributed by atoms with Gasteiger partial charge in [-0.3, -0.25) is 18.9 Å². The van der Waals surface area contributed by atoms with Crippen molar-refractivity contribution in [2.45, 2.75) is 51.0 Å². The molecular formula is C25H27N7O3. The lowest BCUT2D eigenvalue weighted by molar-refractivity contribution is 0.378. The maximum atomic E-state index is 12.8. The van der Waals surface area contributed by atoms with Crippen LogP contribution in [0.4, 0.5) is 17.3 Å². The Morgan fingerprint density at radius 1 is 1.11 bits per heavy atom. The summed E-state index contributed by atoms with van der Waals surface area (Å²) < 4.78 is 6.51. The second-order valence-electron chi connectivity index (χ2n) is 9.49. The molecule has 1 aliphatic carbocycles. The Kier molecular flexibility index (Phi) is 5.35. The lowest BCUT2D eigenvalue weighted by Gasteiger charge is -2.19. The van der Waals surface area contributed by atoms with Crippen LogP contribution < -0.4 is 21.5 Å². The second-order valence-corrected chi connectivity index (χ2v) is 9.49. The van der Waals surface area contributed by atoms with E-state index in [-0.39, 0.29) is 17.5 Å². The summed E-state index contributed by atoms with van der Waals surface area (Å²) in [6, 6.07) is 9.99. The van der Waals surface area contributed by atoms with E-state index in [0.29, 0.717) is 17.4 Å². The van der Waals surface area contributed by atoms with E-state index in [4.69, 9.17) is 4.98 Å². The van der Waals surface area contributed by atoms with Crippen LogP contribution in [-0.4, -0.2) is 37.8 Å². The van der Waals surface area contributed by atoms with E-state index in [1.54, 1.807) is 12.3 Å². The van der Waals surface area contributed by atoms with Crippen molar-refractivity contribution >= 4 is 28.4 Å². The highest BCUT2D eigenvalue weighted by atomic mass is 16.5. The zero-order chi connectivity index (χ0) is 23.9. The molecule has 1 unspecified atom stereocenters. The first-order valence-electron chi connectivity index (χ1n) is 12.1. The van der Waals surface area contributed by atoms with Crippen molar-refractivity contribution < 1.29 is 4.52 Å². The number of aromatic nitrogens is 5. The number of nitrogens with one attached hydrogen (secondary N) is 2. The Labute approximate surface area is 201 Å². The molecule has 10 nitrogen and oxygen atoms in total. The highest BCUT2D eigenvalue weighted by Gasteiger charge is 2.27. The van der Waals surface area contributed by atoms with Crippen molar-refractivity contribution in [2.24, 2.45) is 0 Å².